The summed E-state index contributed by atoms with van der Waals surface area (Å²) in [5.74, 6) is -0.150. The molecule has 1 aromatic rings. The Bertz CT molecular complexity index is 772. The third-order valence-corrected chi connectivity index (χ3v) is 4.28. The Morgan fingerprint density at radius 2 is 1.86 bits per heavy atom. The number of rotatable bonds is 6. The molecule has 1 saturated heterocycles. The number of hydrogen-bond donors (Lipinski definition) is 2. The Morgan fingerprint density at radius 3 is 2.36 bits per heavy atom. The van der Waals surface area contributed by atoms with Crippen LogP contribution in [0.4, 0.5) is 4.79 Å². The van der Waals surface area contributed by atoms with E-state index in [0.717, 1.165) is 0 Å². The SMILES string of the molecule is COC(=O)[C@@]1(Cc2ccc(OC)cc2OC)NC(=O)[C@H]1NC(=O)OC(C)(C)C. The fourth-order valence-corrected chi connectivity index (χ4v) is 2.99. The molecule has 9 heteroatoms. The van der Waals surface area contributed by atoms with Gasteiger partial charge >= 0.3 is 12.1 Å². The van der Waals surface area contributed by atoms with Crippen molar-refractivity contribution in [3.8, 4) is 11.5 Å². The summed E-state index contributed by atoms with van der Waals surface area (Å²) < 4.78 is 20.6. The average Bonchev–Trinajstić information content (AvgIpc) is 2.63. The van der Waals surface area contributed by atoms with Gasteiger partial charge in [0.1, 0.15) is 23.1 Å². The van der Waals surface area contributed by atoms with Gasteiger partial charge in [0.15, 0.2) is 5.54 Å². The number of ether oxygens (including phenoxy) is 4. The predicted molar refractivity (Wildman–Crippen MR) is 99.3 cm³/mol. The van der Waals surface area contributed by atoms with E-state index in [1.54, 1.807) is 39.0 Å². The molecule has 0 saturated carbocycles. The van der Waals surface area contributed by atoms with E-state index in [-0.39, 0.29) is 6.42 Å². The molecule has 0 aromatic heterocycles. The van der Waals surface area contributed by atoms with Gasteiger partial charge in [-0.1, -0.05) is 6.07 Å². The zero-order chi connectivity index (χ0) is 21.1. The number of nitrogens with one attached hydrogen (secondary N) is 2. The molecule has 2 amide bonds. The molecular formula is C19H26N2O7. The third-order valence-electron chi connectivity index (χ3n) is 4.28. The van der Waals surface area contributed by atoms with Crippen LogP contribution in [0.25, 0.3) is 0 Å². The maximum absolute atomic E-state index is 12.6. The Morgan fingerprint density at radius 1 is 1.18 bits per heavy atom. The lowest BCUT2D eigenvalue weighted by Crippen LogP contribution is -2.82. The quantitative estimate of drug-likeness (QED) is 0.550. The van der Waals surface area contributed by atoms with E-state index in [1.807, 2.05) is 0 Å². The molecule has 0 bridgehead atoms. The minimum Gasteiger partial charge on any atom is -0.497 e. The summed E-state index contributed by atoms with van der Waals surface area (Å²) in [4.78, 5) is 36.9. The molecule has 1 fully saturated rings. The monoisotopic (exact) mass is 394 g/mol. The second kappa shape index (κ2) is 7.95. The summed E-state index contributed by atoms with van der Waals surface area (Å²) in [6.45, 7) is 5.09. The molecule has 28 heavy (non-hydrogen) atoms. The minimum absolute atomic E-state index is 0.0407. The van der Waals surface area contributed by atoms with E-state index in [9.17, 15) is 14.4 Å². The van der Waals surface area contributed by atoms with Crippen LogP contribution in [-0.4, -0.2) is 56.5 Å². The van der Waals surface area contributed by atoms with Gasteiger partial charge in [-0.15, -0.1) is 0 Å². The fourth-order valence-electron chi connectivity index (χ4n) is 2.99. The number of β-lactam (4-membered cyclic amide) rings is 1. The van der Waals surface area contributed by atoms with Gasteiger partial charge in [0.05, 0.1) is 21.3 Å². The first-order valence-electron chi connectivity index (χ1n) is 8.67. The van der Waals surface area contributed by atoms with Crippen molar-refractivity contribution in [2.45, 2.75) is 44.4 Å². The second-order valence-electron chi connectivity index (χ2n) is 7.39. The Balaban J connectivity index is 2.33. The van der Waals surface area contributed by atoms with Crippen LogP contribution < -0.4 is 20.1 Å². The normalized spacial score (nSPS) is 21.1. The molecular weight excluding hydrogens is 368 g/mol. The van der Waals surface area contributed by atoms with E-state index < -0.39 is 35.2 Å². The van der Waals surface area contributed by atoms with Gasteiger partial charge < -0.3 is 29.6 Å². The molecule has 2 atom stereocenters. The van der Waals surface area contributed by atoms with Crippen molar-refractivity contribution < 1.29 is 33.3 Å². The van der Waals surface area contributed by atoms with E-state index in [1.165, 1.54) is 21.3 Å². The van der Waals surface area contributed by atoms with Crippen LogP contribution >= 0.6 is 0 Å². The number of benzene rings is 1. The molecule has 2 rings (SSSR count). The summed E-state index contributed by atoms with van der Waals surface area (Å²) in [5.41, 5.74) is -1.60. The van der Waals surface area contributed by atoms with Crippen LogP contribution in [0.3, 0.4) is 0 Å². The summed E-state index contributed by atoms with van der Waals surface area (Å²) >= 11 is 0. The highest BCUT2D eigenvalue weighted by atomic mass is 16.6. The number of amides is 2. The Hall–Kier alpha value is -2.97. The van der Waals surface area contributed by atoms with Crippen LogP contribution in [0.5, 0.6) is 11.5 Å². The first-order valence-corrected chi connectivity index (χ1v) is 8.67. The van der Waals surface area contributed by atoms with Crippen LogP contribution in [0.15, 0.2) is 18.2 Å². The lowest BCUT2D eigenvalue weighted by molar-refractivity contribution is -0.162. The zero-order valence-corrected chi connectivity index (χ0v) is 16.9. The van der Waals surface area contributed by atoms with Gasteiger partial charge in [-0.05, 0) is 32.4 Å². The molecule has 154 valence electrons. The van der Waals surface area contributed by atoms with E-state index >= 15 is 0 Å². The van der Waals surface area contributed by atoms with Crippen molar-refractivity contribution in [1.29, 1.82) is 0 Å². The highest BCUT2D eigenvalue weighted by Crippen LogP contribution is 2.33. The van der Waals surface area contributed by atoms with Gasteiger partial charge in [-0.25, -0.2) is 9.59 Å². The molecule has 9 nitrogen and oxygen atoms in total. The predicted octanol–water partition coefficient (Wildman–Crippen LogP) is 1.18. The topological polar surface area (TPSA) is 112 Å². The smallest absolute Gasteiger partial charge is 0.408 e. The molecule has 1 aliphatic heterocycles. The second-order valence-corrected chi connectivity index (χ2v) is 7.39. The van der Waals surface area contributed by atoms with Gasteiger partial charge in [0.2, 0.25) is 5.91 Å². The number of hydrogen-bond acceptors (Lipinski definition) is 7. The van der Waals surface area contributed by atoms with Gasteiger partial charge in [0, 0.05) is 12.5 Å². The van der Waals surface area contributed by atoms with Gasteiger partial charge in [-0.2, -0.15) is 0 Å². The largest absolute Gasteiger partial charge is 0.497 e. The lowest BCUT2D eigenvalue weighted by atomic mass is 9.76. The highest BCUT2D eigenvalue weighted by molar-refractivity contribution is 6.05. The third kappa shape index (κ3) is 4.29. The molecule has 0 spiro atoms. The number of carbonyl (C=O) groups is 3. The minimum atomic E-state index is -1.48. The maximum Gasteiger partial charge on any atom is 0.408 e. The summed E-state index contributed by atoms with van der Waals surface area (Å²) in [5, 5.41) is 5.05. The molecule has 1 aliphatic rings. The van der Waals surface area contributed by atoms with Crippen molar-refractivity contribution in [2.75, 3.05) is 21.3 Å². The number of carbonyl (C=O) groups excluding carboxylic acids is 3. The van der Waals surface area contributed by atoms with Gasteiger partial charge in [0.25, 0.3) is 0 Å². The number of esters is 1. The first kappa shape index (κ1) is 21.3. The van der Waals surface area contributed by atoms with Crippen LogP contribution in [0.1, 0.15) is 26.3 Å². The molecule has 0 aliphatic carbocycles. The number of alkyl carbamates (subject to hydrolysis) is 1. The molecule has 0 radical (unpaired) electrons. The van der Waals surface area contributed by atoms with Gasteiger partial charge in [-0.3, -0.25) is 4.79 Å². The van der Waals surface area contributed by atoms with Crippen molar-refractivity contribution >= 4 is 18.0 Å². The summed E-state index contributed by atoms with van der Waals surface area (Å²) in [7, 11) is 4.22. The molecule has 1 heterocycles. The summed E-state index contributed by atoms with van der Waals surface area (Å²) in [6, 6.07) is 3.94. The van der Waals surface area contributed by atoms with E-state index in [0.29, 0.717) is 17.1 Å². The molecule has 1 aromatic carbocycles. The van der Waals surface area contributed by atoms with Crippen LogP contribution in [-0.2, 0) is 25.5 Å². The zero-order valence-electron chi connectivity index (χ0n) is 16.9. The van der Waals surface area contributed by atoms with Crippen molar-refractivity contribution in [3.63, 3.8) is 0 Å². The van der Waals surface area contributed by atoms with Crippen LogP contribution in [0.2, 0.25) is 0 Å². The van der Waals surface area contributed by atoms with E-state index in [4.69, 9.17) is 18.9 Å². The van der Waals surface area contributed by atoms with Crippen molar-refractivity contribution in [3.05, 3.63) is 23.8 Å². The summed E-state index contributed by atoms with van der Waals surface area (Å²) in [6.07, 6.45) is -0.763. The maximum atomic E-state index is 12.6. The van der Waals surface area contributed by atoms with Crippen LogP contribution in [0, 0.1) is 0 Å². The molecule has 2 N–H and O–H groups in total. The van der Waals surface area contributed by atoms with E-state index in [2.05, 4.69) is 10.6 Å². The highest BCUT2D eigenvalue weighted by Gasteiger charge is 2.61. The first-order chi connectivity index (χ1) is 13.1. The van der Waals surface area contributed by atoms with Crippen molar-refractivity contribution in [1.82, 2.24) is 10.6 Å². The molecule has 0 unspecified atom stereocenters. The Labute approximate surface area is 163 Å². The number of methoxy groups -OCH3 is 3. The van der Waals surface area contributed by atoms with Crippen molar-refractivity contribution in [2.24, 2.45) is 0 Å². The fraction of sp³-hybridized carbons (Fsp3) is 0.526. The average molecular weight is 394 g/mol. The standard InChI is InChI=1S/C19H26N2O7/c1-18(2,3)28-17(24)20-14-15(22)21-19(14,16(23)27-6)10-11-7-8-12(25-4)9-13(11)26-5/h7-9,14H,10H2,1-6H3,(H,20,24)(H,21,22)/t14-,19+/m1/s1. The lowest BCUT2D eigenvalue weighted by Gasteiger charge is -2.46. The Kier molecular flexibility index (Phi) is 6.06.